The third-order valence-electron chi connectivity index (χ3n) is 2.65. The molecule has 1 N–H and O–H groups in total. The van der Waals surface area contributed by atoms with Gasteiger partial charge >= 0.3 is 0 Å². The topological polar surface area (TPSA) is 72.0 Å². The van der Waals surface area contributed by atoms with E-state index in [9.17, 15) is 12.8 Å². The van der Waals surface area contributed by atoms with Crippen LogP contribution in [0, 0.1) is 12.7 Å². The molecule has 0 saturated carbocycles. The number of rotatable bonds is 4. The molecule has 0 spiro atoms. The van der Waals surface area contributed by atoms with Gasteiger partial charge in [0, 0.05) is 12.8 Å². The molecule has 17 heavy (non-hydrogen) atoms. The molecule has 5 nitrogen and oxygen atoms in total. The standard InChI is InChI=1S/C10H16FN3O2S/c1-7-8(11)9(14-6-13-7)12-5-10(2,3)17(4,15)16/h6H,5H2,1-4H3,(H,12,13,14). The minimum absolute atomic E-state index is 0.0224. The van der Waals surface area contributed by atoms with Gasteiger partial charge in [0.2, 0.25) is 0 Å². The summed E-state index contributed by atoms with van der Waals surface area (Å²) in [5.74, 6) is -0.536. The van der Waals surface area contributed by atoms with Gasteiger partial charge < -0.3 is 5.32 Å². The molecule has 0 atom stereocenters. The summed E-state index contributed by atoms with van der Waals surface area (Å²) in [7, 11) is -3.22. The summed E-state index contributed by atoms with van der Waals surface area (Å²) in [6.45, 7) is 4.74. The Balaban J connectivity index is 2.85. The second-order valence-electron chi connectivity index (χ2n) is 4.51. The first kappa shape index (κ1) is 13.8. The Morgan fingerprint density at radius 2 is 2.00 bits per heavy atom. The van der Waals surface area contributed by atoms with Crippen LogP contribution in [0.4, 0.5) is 10.2 Å². The fourth-order valence-electron chi connectivity index (χ4n) is 1.01. The van der Waals surface area contributed by atoms with E-state index in [1.54, 1.807) is 13.8 Å². The van der Waals surface area contributed by atoms with Gasteiger partial charge in [-0.2, -0.15) is 0 Å². The van der Waals surface area contributed by atoms with Crippen LogP contribution >= 0.6 is 0 Å². The molecular formula is C10H16FN3O2S. The number of aryl methyl sites for hydroxylation is 1. The fraction of sp³-hybridized carbons (Fsp3) is 0.600. The van der Waals surface area contributed by atoms with Gasteiger partial charge in [0.15, 0.2) is 21.5 Å². The van der Waals surface area contributed by atoms with Gasteiger partial charge in [-0.15, -0.1) is 0 Å². The van der Waals surface area contributed by atoms with Crippen molar-refractivity contribution in [2.45, 2.75) is 25.5 Å². The molecule has 0 saturated heterocycles. The van der Waals surface area contributed by atoms with E-state index >= 15 is 0 Å². The monoisotopic (exact) mass is 261 g/mol. The summed E-state index contributed by atoms with van der Waals surface area (Å²) in [6, 6.07) is 0. The van der Waals surface area contributed by atoms with Gasteiger partial charge in [-0.25, -0.2) is 22.8 Å². The van der Waals surface area contributed by atoms with Crippen molar-refractivity contribution in [2.24, 2.45) is 0 Å². The number of hydrogen-bond acceptors (Lipinski definition) is 5. The molecular weight excluding hydrogens is 245 g/mol. The molecule has 7 heteroatoms. The van der Waals surface area contributed by atoms with Crippen molar-refractivity contribution in [3.63, 3.8) is 0 Å². The van der Waals surface area contributed by atoms with E-state index in [4.69, 9.17) is 0 Å². The molecule has 0 fully saturated rings. The van der Waals surface area contributed by atoms with E-state index in [0.717, 1.165) is 6.26 Å². The number of aromatic nitrogens is 2. The lowest BCUT2D eigenvalue weighted by Crippen LogP contribution is -2.38. The molecule has 0 amide bonds. The maximum atomic E-state index is 13.5. The van der Waals surface area contributed by atoms with E-state index < -0.39 is 20.4 Å². The fourth-order valence-corrected chi connectivity index (χ4v) is 1.34. The summed E-state index contributed by atoms with van der Waals surface area (Å²) in [5, 5.41) is 2.70. The molecule has 0 radical (unpaired) electrons. The van der Waals surface area contributed by atoms with E-state index in [-0.39, 0.29) is 18.1 Å². The summed E-state index contributed by atoms with van der Waals surface area (Å²) in [5.41, 5.74) is 0.222. The molecule has 0 aliphatic heterocycles. The van der Waals surface area contributed by atoms with Crippen molar-refractivity contribution >= 4 is 15.7 Å². The third kappa shape index (κ3) is 3.12. The Morgan fingerprint density at radius 3 is 2.53 bits per heavy atom. The van der Waals surface area contributed by atoms with Crippen molar-refractivity contribution in [3.05, 3.63) is 17.8 Å². The molecule has 0 aromatic carbocycles. The van der Waals surface area contributed by atoms with E-state index in [0.29, 0.717) is 0 Å². The maximum absolute atomic E-state index is 13.5. The first-order valence-electron chi connectivity index (χ1n) is 5.06. The van der Waals surface area contributed by atoms with E-state index in [1.807, 2.05) is 0 Å². The zero-order valence-corrected chi connectivity index (χ0v) is 11.1. The average Bonchev–Trinajstić information content (AvgIpc) is 2.18. The number of nitrogens with zero attached hydrogens (tertiary/aromatic N) is 2. The number of hydrogen-bond donors (Lipinski definition) is 1. The zero-order chi connectivity index (χ0) is 13.3. The highest BCUT2D eigenvalue weighted by molar-refractivity contribution is 7.92. The molecule has 0 aliphatic rings. The van der Waals surface area contributed by atoms with Crippen LogP contribution in [0.25, 0.3) is 0 Å². The first-order valence-corrected chi connectivity index (χ1v) is 6.95. The van der Waals surface area contributed by atoms with Gasteiger partial charge in [-0.1, -0.05) is 0 Å². The number of nitrogens with one attached hydrogen (secondary N) is 1. The second kappa shape index (κ2) is 4.56. The molecule has 0 unspecified atom stereocenters. The van der Waals surface area contributed by atoms with E-state index in [1.165, 1.54) is 13.3 Å². The Labute approximate surface area is 100 Å². The van der Waals surface area contributed by atoms with Crippen LogP contribution in [0.1, 0.15) is 19.5 Å². The van der Waals surface area contributed by atoms with Crippen LogP contribution in [0.15, 0.2) is 6.33 Å². The molecule has 96 valence electrons. The Hall–Kier alpha value is -1.24. The molecule has 1 heterocycles. The largest absolute Gasteiger partial charge is 0.366 e. The minimum atomic E-state index is -3.22. The molecule has 0 bridgehead atoms. The lowest BCUT2D eigenvalue weighted by Gasteiger charge is -2.23. The Morgan fingerprint density at radius 1 is 1.41 bits per heavy atom. The van der Waals surface area contributed by atoms with Crippen LogP contribution in [0.5, 0.6) is 0 Å². The highest BCUT2D eigenvalue weighted by atomic mass is 32.2. The molecule has 1 aromatic rings. The van der Waals surface area contributed by atoms with Crippen LogP contribution in [-0.2, 0) is 9.84 Å². The van der Waals surface area contributed by atoms with Gasteiger partial charge in [0.1, 0.15) is 6.33 Å². The number of sulfone groups is 1. The number of anilines is 1. The number of halogens is 1. The SMILES string of the molecule is Cc1ncnc(NCC(C)(C)S(C)(=O)=O)c1F. The van der Waals surface area contributed by atoms with Crippen LogP contribution in [-0.4, -0.2) is 35.9 Å². The van der Waals surface area contributed by atoms with Gasteiger partial charge in [0.05, 0.1) is 10.4 Å². The van der Waals surface area contributed by atoms with E-state index in [2.05, 4.69) is 15.3 Å². The summed E-state index contributed by atoms with van der Waals surface area (Å²) in [6.07, 6.45) is 2.38. The van der Waals surface area contributed by atoms with Crippen molar-refractivity contribution in [3.8, 4) is 0 Å². The summed E-state index contributed by atoms with van der Waals surface area (Å²) in [4.78, 5) is 7.42. The summed E-state index contributed by atoms with van der Waals surface area (Å²) < 4.78 is 35.5. The normalized spacial score (nSPS) is 12.5. The second-order valence-corrected chi connectivity index (χ2v) is 7.16. The average molecular weight is 261 g/mol. The Kier molecular flexibility index (Phi) is 3.71. The van der Waals surface area contributed by atoms with Crippen molar-refractivity contribution in [1.29, 1.82) is 0 Å². The van der Waals surface area contributed by atoms with Gasteiger partial charge in [0.25, 0.3) is 0 Å². The van der Waals surface area contributed by atoms with Crippen molar-refractivity contribution < 1.29 is 12.8 Å². The maximum Gasteiger partial charge on any atom is 0.186 e. The molecule has 1 aromatic heterocycles. The summed E-state index contributed by atoms with van der Waals surface area (Å²) >= 11 is 0. The Bertz CT molecular complexity index is 514. The van der Waals surface area contributed by atoms with Crippen LogP contribution in [0.2, 0.25) is 0 Å². The predicted octanol–water partition coefficient (Wildman–Crippen LogP) is 1.16. The zero-order valence-electron chi connectivity index (χ0n) is 10.3. The molecule has 0 aliphatic carbocycles. The first-order chi connectivity index (χ1) is 7.65. The van der Waals surface area contributed by atoms with Crippen molar-refractivity contribution in [1.82, 2.24) is 9.97 Å². The predicted molar refractivity (Wildman–Crippen MR) is 64.1 cm³/mol. The smallest absolute Gasteiger partial charge is 0.186 e. The highest BCUT2D eigenvalue weighted by Crippen LogP contribution is 2.18. The molecule has 1 rings (SSSR count). The van der Waals surface area contributed by atoms with Crippen LogP contribution in [0.3, 0.4) is 0 Å². The lowest BCUT2D eigenvalue weighted by molar-refractivity contribution is 0.557. The highest BCUT2D eigenvalue weighted by Gasteiger charge is 2.30. The van der Waals surface area contributed by atoms with Crippen LogP contribution < -0.4 is 5.32 Å². The van der Waals surface area contributed by atoms with Gasteiger partial charge in [-0.3, -0.25) is 0 Å². The minimum Gasteiger partial charge on any atom is -0.366 e. The quantitative estimate of drug-likeness (QED) is 0.880. The van der Waals surface area contributed by atoms with Gasteiger partial charge in [-0.05, 0) is 20.8 Å². The third-order valence-corrected chi connectivity index (χ3v) is 4.80. The van der Waals surface area contributed by atoms with Crippen molar-refractivity contribution in [2.75, 3.05) is 18.1 Å². The lowest BCUT2D eigenvalue weighted by atomic mass is 10.2.